The number of carbonyl (C=O) groups is 4. The van der Waals surface area contributed by atoms with Gasteiger partial charge >= 0.3 is 36.2 Å². The standard InChI is InChI=1S/C18H8F6O9/c19-17(20,21)8-4-9(12(18(22,23)24)11(16(31)32)10(8)15(29)30)33-5-1-2-6(13(25)26)7(3-5)14(27)28/h1-4H,(H,25,26)(H,27,28)(H,29,30)(H,31,32). The molecule has 0 saturated heterocycles. The highest BCUT2D eigenvalue weighted by molar-refractivity contribution is 6.05. The monoisotopic (exact) mass is 482 g/mol. The second kappa shape index (κ2) is 8.33. The average molecular weight is 482 g/mol. The van der Waals surface area contributed by atoms with E-state index in [9.17, 15) is 45.5 Å². The minimum Gasteiger partial charge on any atom is -0.478 e. The van der Waals surface area contributed by atoms with Crippen LogP contribution in [0.25, 0.3) is 0 Å². The van der Waals surface area contributed by atoms with E-state index in [1.165, 1.54) is 0 Å². The van der Waals surface area contributed by atoms with Crippen molar-refractivity contribution < 1.29 is 70.7 Å². The molecular weight excluding hydrogens is 474 g/mol. The van der Waals surface area contributed by atoms with Gasteiger partial charge in [0.25, 0.3) is 0 Å². The summed E-state index contributed by atoms with van der Waals surface area (Å²) in [5, 5.41) is 36.2. The van der Waals surface area contributed by atoms with Gasteiger partial charge in [-0.3, -0.25) is 0 Å². The SMILES string of the molecule is O=C(O)c1ccc(Oc2cc(C(F)(F)F)c(C(=O)O)c(C(=O)O)c2C(F)(F)F)cc1C(=O)O. The molecule has 0 amide bonds. The first-order valence-electron chi connectivity index (χ1n) is 8.07. The first kappa shape index (κ1) is 25.0. The second-order valence-electron chi connectivity index (χ2n) is 6.07. The van der Waals surface area contributed by atoms with Crippen LogP contribution in [0.2, 0.25) is 0 Å². The summed E-state index contributed by atoms with van der Waals surface area (Å²) < 4.78 is 85.7. The molecular formula is C18H8F6O9. The van der Waals surface area contributed by atoms with Crippen LogP contribution in [0.5, 0.6) is 11.5 Å². The summed E-state index contributed by atoms with van der Waals surface area (Å²) in [6, 6.07) is 1.16. The quantitative estimate of drug-likeness (QED) is 0.440. The molecule has 0 aliphatic carbocycles. The maximum atomic E-state index is 13.6. The molecule has 9 nitrogen and oxygen atoms in total. The Kier molecular flexibility index (Phi) is 6.30. The molecule has 0 atom stereocenters. The maximum absolute atomic E-state index is 13.6. The molecule has 0 heterocycles. The molecule has 4 N–H and O–H groups in total. The van der Waals surface area contributed by atoms with Gasteiger partial charge in [-0.05, 0) is 24.3 Å². The fraction of sp³-hybridized carbons (Fsp3) is 0.111. The van der Waals surface area contributed by atoms with E-state index in [2.05, 4.69) is 0 Å². The van der Waals surface area contributed by atoms with Crippen LogP contribution in [0, 0.1) is 0 Å². The number of rotatable bonds is 6. The largest absolute Gasteiger partial charge is 0.478 e. The number of alkyl halides is 6. The maximum Gasteiger partial charge on any atom is 0.420 e. The topological polar surface area (TPSA) is 158 Å². The van der Waals surface area contributed by atoms with Crippen LogP contribution >= 0.6 is 0 Å². The normalized spacial score (nSPS) is 11.7. The van der Waals surface area contributed by atoms with Crippen molar-refractivity contribution in [2.45, 2.75) is 12.4 Å². The lowest BCUT2D eigenvalue weighted by atomic mass is 9.93. The predicted octanol–water partition coefficient (Wildman–Crippen LogP) is 4.31. The van der Waals surface area contributed by atoms with E-state index < -0.39 is 87.2 Å². The van der Waals surface area contributed by atoms with E-state index >= 15 is 0 Å². The van der Waals surface area contributed by atoms with E-state index in [1.54, 1.807) is 0 Å². The molecule has 0 fully saturated rings. The Labute approximate surface area is 177 Å². The number of aromatic carboxylic acids is 4. The highest BCUT2D eigenvalue weighted by Gasteiger charge is 2.47. The van der Waals surface area contributed by atoms with E-state index in [0.29, 0.717) is 18.2 Å². The summed E-state index contributed by atoms with van der Waals surface area (Å²) in [6.07, 6.45) is -11.4. The number of ether oxygens (including phenoxy) is 1. The molecule has 176 valence electrons. The van der Waals surface area contributed by atoms with Crippen molar-refractivity contribution in [1.29, 1.82) is 0 Å². The molecule has 15 heteroatoms. The fourth-order valence-electron chi connectivity index (χ4n) is 2.76. The lowest BCUT2D eigenvalue weighted by molar-refractivity contribution is -0.142. The Morgan fingerprint density at radius 3 is 1.58 bits per heavy atom. The number of carboxylic acids is 4. The smallest absolute Gasteiger partial charge is 0.420 e. The first-order chi connectivity index (χ1) is 15.0. The van der Waals surface area contributed by atoms with Gasteiger partial charge in [0.1, 0.15) is 17.1 Å². The van der Waals surface area contributed by atoms with Crippen molar-refractivity contribution in [3.8, 4) is 11.5 Å². The van der Waals surface area contributed by atoms with Gasteiger partial charge in [0, 0.05) is 0 Å². The Morgan fingerprint density at radius 2 is 1.18 bits per heavy atom. The van der Waals surface area contributed by atoms with E-state index in [4.69, 9.17) is 25.2 Å². The molecule has 0 aliphatic heterocycles. The molecule has 0 radical (unpaired) electrons. The van der Waals surface area contributed by atoms with Crippen molar-refractivity contribution in [3.63, 3.8) is 0 Å². The summed E-state index contributed by atoms with van der Waals surface area (Å²) >= 11 is 0. The van der Waals surface area contributed by atoms with Crippen LogP contribution < -0.4 is 4.74 Å². The summed E-state index contributed by atoms with van der Waals surface area (Å²) in [5.41, 5.74) is -11.0. The number of hydrogen-bond donors (Lipinski definition) is 4. The molecule has 0 unspecified atom stereocenters. The minimum absolute atomic E-state index is 0.380. The van der Waals surface area contributed by atoms with E-state index in [0.717, 1.165) is 0 Å². The lowest BCUT2D eigenvalue weighted by Crippen LogP contribution is -2.23. The van der Waals surface area contributed by atoms with E-state index in [1.807, 2.05) is 0 Å². The minimum atomic E-state index is -5.74. The Balaban J connectivity index is 2.94. The van der Waals surface area contributed by atoms with Crippen LogP contribution in [-0.4, -0.2) is 44.3 Å². The molecule has 0 aromatic heterocycles. The van der Waals surface area contributed by atoms with E-state index in [-0.39, 0.29) is 0 Å². The number of halogens is 6. The summed E-state index contributed by atoms with van der Waals surface area (Å²) in [5.74, 6) is -11.6. The van der Waals surface area contributed by atoms with Gasteiger partial charge in [0.2, 0.25) is 0 Å². The van der Waals surface area contributed by atoms with Gasteiger partial charge in [-0.1, -0.05) is 0 Å². The highest BCUT2D eigenvalue weighted by atomic mass is 19.4. The lowest BCUT2D eigenvalue weighted by Gasteiger charge is -2.21. The molecule has 0 spiro atoms. The molecule has 0 aliphatic rings. The van der Waals surface area contributed by atoms with Gasteiger partial charge in [-0.25, -0.2) is 19.2 Å². The van der Waals surface area contributed by atoms with Gasteiger partial charge in [0.15, 0.2) is 0 Å². The van der Waals surface area contributed by atoms with Crippen molar-refractivity contribution >= 4 is 23.9 Å². The summed E-state index contributed by atoms with van der Waals surface area (Å²) in [6.45, 7) is 0. The summed E-state index contributed by atoms with van der Waals surface area (Å²) in [4.78, 5) is 45.0. The first-order valence-corrected chi connectivity index (χ1v) is 8.07. The molecule has 33 heavy (non-hydrogen) atoms. The average Bonchev–Trinajstić information content (AvgIpc) is 2.64. The van der Waals surface area contributed by atoms with Crippen LogP contribution in [0.4, 0.5) is 26.3 Å². The van der Waals surface area contributed by atoms with Crippen molar-refractivity contribution in [2.75, 3.05) is 0 Å². The number of carboxylic acid groups (broad SMARTS) is 4. The van der Waals surface area contributed by atoms with Crippen molar-refractivity contribution in [1.82, 2.24) is 0 Å². The van der Waals surface area contributed by atoms with Crippen molar-refractivity contribution in [2.24, 2.45) is 0 Å². The van der Waals surface area contributed by atoms with Gasteiger partial charge in [-0.2, -0.15) is 26.3 Å². The van der Waals surface area contributed by atoms with Crippen LogP contribution in [-0.2, 0) is 12.4 Å². The van der Waals surface area contributed by atoms with Crippen molar-refractivity contribution in [3.05, 3.63) is 57.6 Å². The zero-order chi connectivity index (χ0) is 25.5. The molecule has 2 aromatic carbocycles. The molecule has 0 bridgehead atoms. The zero-order valence-electron chi connectivity index (χ0n) is 15.4. The third kappa shape index (κ3) is 4.97. The van der Waals surface area contributed by atoms with Crippen LogP contribution in [0.1, 0.15) is 52.6 Å². The third-order valence-corrected chi connectivity index (χ3v) is 3.99. The molecule has 2 rings (SSSR count). The molecule has 0 saturated carbocycles. The second-order valence-corrected chi connectivity index (χ2v) is 6.07. The Hall–Kier alpha value is -4.30. The third-order valence-electron chi connectivity index (χ3n) is 3.99. The Morgan fingerprint density at radius 1 is 0.667 bits per heavy atom. The van der Waals surface area contributed by atoms with Crippen LogP contribution in [0.15, 0.2) is 24.3 Å². The zero-order valence-corrected chi connectivity index (χ0v) is 15.4. The van der Waals surface area contributed by atoms with Gasteiger partial charge in [0.05, 0.1) is 27.8 Å². The summed E-state index contributed by atoms with van der Waals surface area (Å²) in [7, 11) is 0. The fourth-order valence-corrected chi connectivity index (χ4v) is 2.76. The highest BCUT2D eigenvalue weighted by Crippen LogP contribution is 2.46. The van der Waals surface area contributed by atoms with Gasteiger partial charge in [-0.15, -0.1) is 0 Å². The predicted molar refractivity (Wildman–Crippen MR) is 90.8 cm³/mol. The Bertz CT molecular complexity index is 1180. The molecule has 2 aromatic rings. The van der Waals surface area contributed by atoms with Crippen LogP contribution in [0.3, 0.4) is 0 Å². The number of hydrogen-bond acceptors (Lipinski definition) is 5. The van der Waals surface area contributed by atoms with Gasteiger partial charge < -0.3 is 25.2 Å². The number of benzene rings is 2.